The highest BCUT2D eigenvalue weighted by Gasteiger charge is 2.27. The summed E-state index contributed by atoms with van der Waals surface area (Å²) in [5.74, 6) is 0.432. The molecule has 25 heavy (non-hydrogen) atoms. The molecule has 0 saturated heterocycles. The van der Waals surface area contributed by atoms with Gasteiger partial charge in [-0.25, -0.2) is 0 Å². The van der Waals surface area contributed by atoms with Gasteiger partial charge in [0.2, 0.25) is 0 Å². The Morgan fingerprint density at radius 2 is 1.96 bits per heavy atom. The van der Waals surface area contributed by atoms with E-state index in [-0.39, 0.29) is 11.6 Å². The molecule has 3 rings (SSSR count). The monoisotopic (exact) mass is 339 g/mol. The minimum absolute atomic E-state index is 0.0998. The Morgan fingerprint density at radius 3 is 2.56 bits per heavy atom. The van der Waals surface area contributed by atoms with Gasteiger partial charge in [0.15, 0.2) is 0 Å². The largest absolute Gasteiger partial charge is 0.350 e. The van der Waals surface area contributed by atoms with Crippen molar-refractivity contribution in [1.82, 2.24) is 4.90 Å². The van der Waals surface area contributed by atoms with E-state index >= 15 is 0 Å². The van der Waals surface area contributed by atoms with Crippen molar-refractivity contribution in [1.29, 1.82) is 0 Å². The Balaban J connectivity index is 1.85. The third kappa shape index (κ3) is 4.15. The van der Waals surface area contributed by atoms with Gasteiger partial charge in [-0.1, -0.05) is 18.2 Å². The van der Waals surface area contributed by atoms with Crippen LogP contribution in [0.25, 0.3) is 0 Å². The maximum atomic E-state index is 12.7. The van der Waals surface area contributed by atoms with Gasteiger partial charge in [-0.3, -0.25) is 14.9 Å². The van der Waals surface area contributed by atoms with Crippen LogP contribution in [0.15, 0.2) is 48.5 Å². The van der Waals surface area contributed by atoms with Crippen LogP contribution in [-0.4, -0.2) is 28.8 Å². The van der Waals surface area contributed by atoms with Gasteiger partial charge in [-0.05, 0) is 49.9 Å². The number of nitro groups is 1. The van der Waals surface area contributed by atoms with E-state index in [1.807, 2.05) is 37.3 Å². The Kier molecular flexibility index (Phi) is 4.97. The van der Waals surface area contributed by atoms with Crippen LogP contribution in [0, 0.1) is 16.0 Å². The lowest BCUT2D eigenvalue weighted by Gasteiger charge is -2.21. The predicted molar refractivity (Wildman–Crippen MR) is 97.1 cm³/mol. The average molecular weight is 339 g/mol. The molecule has 0 aromatic heterocycles. The van der Waals surface area contributed by atoms with E-state index in [0.717, 1.165) is 25.1 Å². The van der Waals surface area contributed by atoms with Crippen molar-refractivity contribution >= 4 is 23.0 Å². The zero-order valence-corrected chi connectivity index (χ0v) is 14.1. The van der Waals surface area contributed by atoms with Crippen molar-refractivity contribution in [3.8, 4) is 0 Å². The number of nitrogens with zero attached hydrogens (tertiary/aromatic N) is 2. The Morgan fingerprint density at radius 1 is 1.24 bits per heavy atom. The van der Waals surface area contributed by atoms with E-state index in [4.69, 9.17) is 0 Å². The van der Waals surface area contributed by atoms with Crippen molar-refractivity contribution in [2.24, 2.45) is 5.92 Å². The predicted octanol–water partition coefficient (Wildman–Crippen LogP) is 4.21. The summed E-state index contributed by atoms with van der Waals surface area (Å²) in [6, 6.07) is 13.9. The fourth-order valence-electron chi connectivity index (χ4n) is 2.75. The van der Waals surface area contributed by atoms with Gasteiger partial charge in [-0.2, -0.15) is 0 Å². The van der Waals surface area contributed by atoms with Crippen molar-refractivity contribution in [2.75, 3.05) is 18.4 Å². The van der Waals surface area contributed by atoms with Crippen LogP contribution in [0.5, 0.6) is 0 Å². The summed E-state index contributed by atoms with van der Waals surface area (Å²) in [6.45, 7) is 3.26. The molecule has 0 heterocycles. The molecular formula is C19H21N3O3. The second kappa shape index (κ2) is 7.34. The third-order valence-electron chi connectivity index (χ3n) is 4.34. The minimum atomic E-state index is -0.459. The molecule has 6 nitrogen and oxygen atoms in total. The normalized spacial score (nSPS) is 13.3. The molecule has 1 N–H and O–H groups in total. The molecule has 1 fully saturated rings. The number of benzene rings is 2. The average Bonchev–Trinajstić information content (AvgIpc) is 3.44. The van der Waals surface area contributed by atoms with Crippen LogP contribution in [0.3, 0.4) is 0 Å². The van der Waals surface area contributed by atoms with Crippen molar-refractivity contribution in [3.63, 3.8) is 0 Å². The van der Waals surface area contributed by atoms with Gasteiger partial charge in [-0.15, -0.1) is 0 Å². The number of nitro benzene ring substituents is 1. The molecule has 1 saturated carbocycles. The molecular weight excluding hydrogens is 318 g/mol. The number of carbonyl (C=O) groups excluding carboxylic acids is 1. The summed E-state index contributed by atoms with van der Waals surface area (Å²) in [4.78, 5) is 25.4. The van der Waals surface area contributed by atoms with Crippen LogP contribution in [-0.2, 0) is 0 Å². The first kappa shape index (κ1) is 17.0. The zero-order valence-electron chi connectivity index (χ0n) is 14.1. The quantitative estimate of drug-likeness (QED) is 0.605. The molecule has 6 heteroatoms. The van der Waals surface area contributed by atoms with Crippen molar-refractivity contribution < 1.29 is 9.72 Å². The zero-order chi connectivity index (χ0) is 17.8. The first-order valence-electron chi connectivity index (χ1n) is 8.48. The van der Waals surface area contributed by atoms with Gasteiger partial charge in [0.1, 0.15) is 5.69 Å². The van der Waals surface area contributed by atoms with E-state index in [1.165, 1.54) is 6.07 Å². The lowest BCUT2D eigenvalue weighted by Crippen LogP contribution is -2.32. The number of hydrogen-bond donors (Lipinski definition) is 1. The molecule has 1 aliphatic carbocycles. The Hall–Kier alpha value is -2.89. The molecule has 0 radical (unpaired) electrons. The Bertz CT molecular complexity index is 773. The van der Waals surface area contributed by atoms with Gasteiger partial charge in [0.05, 0.1) is 4.92 Å². The van der Waals surface area contributed by atoms with Crippen LogP contribution < -0.4 is 5.32 Å². The molecule has 130 valence electrons. The van der Waals surface area contributed by atoms with Gasteiger partial charge >= 0.3 is 0 Å². The lowest BCUT2D eigenvalue weighted by molar-refractivity contribution is -0.383. The molecule has 0 bridgehead atoms. The number of para-hydroxylation sites is 1. The van der Waals surface area contributed by atoms with Crippen LogP contribution in [0.4, 0.5) is 17.1 Å². The van der Waals surface area contributed by atoms with Crippen molar-refractivity contribution in [3.05, 3.63) is 64.2 Å². The second-order valence-corrected chi connectivity index (χ2v) is 6.27. The number of carbonyl (C=O) groups is 1. The fraction of sp³-hybridized carbons (Fsp3) is 0.316. The van der Waals surface area contributed by atoms with E-state index in [9.17, 15) is 14.9 Å². The fourth-order valence-corrected chi connectivity index (χ4v) is 2.75. The smallest absolute Gasteiger partial charge is 0.293 e. The highest BCUT2D eigenvalue weighted by molar-refractivity contribution is 5.96. The standard InChI is InChI=1S/C19H21N3O3/c1-2-21(13-14-8-9-14)19(23)15-10-11-17(18(12-15)22(24)25)20-16-6-4-3-5-7-16/h3-7,10-12,14,20H,2,8-9,13H2,1H3. The molecule has 0 atom stereocenters. The SMILES string of the molecule is CCN(CC1CC1)C(=O)c1ccc(Nc2ccccc2)c([N+](=O)[O-])c1. The molecule has 2 aromatic rings. The number of nitrogens with one attached hydrogen (secondary N) is 1. The summed E-state index contributed by atoms with van der Waals surface area (Å²) < 4.78 is 0. The summed E-state index contributed by atoms with van der Waals surface area (Å²) >= 11 is 0. The molecule has 0 aliphatic heterocycles. The van der Waals surface area contributed by atoms with E-state index in [1.54, 1.807) is 17.0 Å². The highest BCUT2D eigenvalue weighted by Crippen LogP contribution is 2.32. The van der Waals surface area contributed by atoms with Gasteiger partial charge in [0, 0.05) is 30.4 Å². The summed E-state index contributed by atoms with van der Waals surface area (Å²) in [5.41, 5.74) is 1.39. The van der Waals surface area contributed by atoms with E-state index in [0.29, 0.717) is 23.7 Å². The van der Waals surface area contributed by atoms with Crippen LogP contribution in [0.2, 0.25) is 0 Å². The molecule has 2 aromatic carbocycles. The van der Waals surface area contributed by atoms with Gasteiger partial charge < -0.3 is 10.2 Å². The van der Waals surface area contributed by atoms with Crippen molar-refractivity contribution in [2.45, 2.75) is 19.8 Å². The molecule has 0 unspecified atom stereocenters. The first-order chi connectivity index (χ1) is 12.1. The number of hydrogen-bond acceptors (Lipinski definition) is 4. The third-order valence-corrected chi connectivity index (χ3v) is 4.34. The highest BCUT2D eigenvalue weighted by atomic mass is 16.6. The minimum Gasteiger partial charge on any atom is -0.350 e. The van der Waals surface area contributed by atoms with E-state index in [2.05, 4.69) is 5.32 Å². The lowest BCUT2D eigenvalue weighted by atomic mass is 10.1. The van der Waals surface area contributed by atoms with Crippen LogP contribution in [0.1, 0.15) is 30.1 Å². The summed E-state index contributed by atoms with van der Waals surface area (Å²) in [7, 11) is 0. The number of rotatable bonds is 7. The molecule has 1 amide bonds. The van der Waals surface area contributed by atoms with E-state index < -0.39 is 4.92 Å². The number of amides is 1. The summed E-state index contributed by atoms with van der Waals surface area (Å²) in [5, 5.41) is 14.5. The first-order valence-corrected chi connectivity index (χ1v) is 8.48. The summed E-state index contributed by atoms with van der Waals surface area (Å²) in [6.07, 6.45) is 2.31. The second-order valence-electron chi connectivity index (χ2n) is 6.27. The maximum absolute atomic E-state index is 12.7. The van der Waals surface area contributed by atoms with Crippen LogP contribution >= 0.6 is 0 Å². The topological polar surface area (TPSA) is 75.5 Å². The maximum Gasteiger partial charge on any atom is 0.293 e. The van der Waals surface area contributed by atoms with Gasteiger partial charge in [0.25, 0.3) is 11.6 Å². The number of anilines is 2. The molecule has 0 spiro atoms. The Labute approximate surface area is 146 Å². The molecule has 1 aliphatic rings.